The SMILES string of the molecule is Cc1cc(S(=O)(=O)NC2(C(=O)O)CCSC2)ccc1C#N. The van der Waals surface area contributed by atoms with Gasteiger partial charge in [-0.15, -0.1) is 0 Å². The first-order chi connectivity index (χ1) is 9.81. The lowest BCUT2D eigenvalue weighted by Gasteiger charge is -2.24. The Morgan fingerprint density at radius 1 is 1.52 bits per heavy atom. The van der Waals surface area contributed by atoms with Crippen LogP contribution in [0.5, 0.6) is 0 Å². The van der Waals surface area contributed by atoms with Crippen LogP contribution in [0, 0.1) is 18.3 Å². The molecule has 0 spiro atoms. The zero-order chi connectivity index (χ0) is 15.7. The van der Waals surface area contributed by atoms with Crippen LogP contribution < -0.4 is 4.72 Å². The van der Waals surface area contributed by atoms with E-state index < -0.39 is 21.5 Å². The summed E-state index contributed by atoms with van der Waals surface area (Å²) in [6.07, 6.45) is 0.251. The second-order valence-corrected chi connectivity index (χ2v) is 7.67. The lowest BCUT2D eigenvalue weighted by Crippen LogP contribution is -2.54. The molecule has 1 aliphatic heterocycles. The monoisotopic (exact) mass is 326 g/mol. The molecule has 6 nitrogen and oxygen atoms in total. The molecule has 21 heavy (non-hydrogen) atoms. The Morgan fingerprint density at radius 2 is 2.24 bits per heavy atom. The van der Waals surface area contributed by atoms with E-state index in [-0.39, 0.29) is 17.1 Å². The standard InChI is InChI=1S/C13H14N2O4S2/c1-9-6-11(3-2-10(9)7-14)21(18,19)15-13(12(16)17)4-5-20-8-13/h2-3,6,15H,4-5,8H2,1H3,(H,16,17). The molecule has 0 saturated carbocycles. The van der Waals surface area contributed by atoms with Crippen molar-refractivity contribution in [3.05, 3.63) is 29.3 Å². The number of rotatable bonds is 4. The molecule has 0 aromatic heterocycles. The molecule has 1 saturated heterocycles. The minimum atomic E-state index is -3.95. The van der Waals surface area contributed by atoms with Crippen LogP contribution in [0.1, 0.15) is 17.5 Å². The molecule has 0 aliphatic carbocycles. The van der Waals surface area contributed by atoms with E-state index in [9.17, 15) is 18.3 Å². The molecule has 0 amide bonds. The molecule has 2 rings (SSSR count). The van der Waals surface area contributed by atoms with Crippen LogP contribution in [0.15, 0.2) is 23.1 Å². The first-order valence-corrected chi connectivity index (χ1v) is 8.80. The third-order valence-corrected chi connectivity index (χ3v) is 6.11. The number of hydrogen-bond acceptors (Lipinski definition) is 5. The second kappa shape index (κ2) is 5.67. The summed E-state index contributed by atoms with van der Waals surface area (Å²) >= 11 is 1.40. The van der Waals surface area contributed by atoms with Gasteiger partial charge in [0.15, 0.2) is 0 Å². The van der Waals surface area contributed by atoms with Crippen LogP contribution in [-0.2, 0) is 14.8 Å². The van der Waals surface area contributed by atoms with Crippen molar-refractivity contribution in [2.45, 2.75) is 23.8 Å². The quantitative estimate of drug-likeness (QED) is 0.858. The van der Waals surface area contributed by atoms with Gasteiger partial charge in [0.05, 0.1) is 16.5 Å². The van der Waals surface area contributed by atoms with Crippen molar-refractivity contribution in [2.24, 2.45) is 0 Å². The van der Waals surface area contributed by atoms with Crippen molar-refractivity contribution in [2.75, 3.05) is 11.5 Å². The van der Waals surface area contributed by atoms with E-state index in [1.165, 1.54) is 30.0 Å². The van der Waals surface area contributed by atoms with Gasteiger partial charge in [0.1, 0.15) is 5.54 Å². The van der Waals surface area contributed by atoms with E-state index in [1.807, 2.05) is 6.07 Å². The number of carboxylic acid groups (broad SMARTS) is 1. The average molecular weight is 326 g/mol. The van der Waals surface area contributed by atoms with Gasteiger partial charge < -0.3 is 5.11 Å². The number of nitrogens with one attached hydrogen (secondary N) is 1. The Morgan fingerprint density at radius 3 is 2.71 bits per heavy atom. The van der Waals surface area contributed by atoms with Gasteiger partial charge in [-0.1, -0.05) is 0 Å². The molecule has 2 N–H and O–H groups in total. The highest BCUT2D eigenvalue weighted by molar-refractivity contribution is 7.99. The van der Waals surface area contributed by atoms with Gasteiger partial charge in [-0.3, -0.25) is 4.79 Å². The van der Waals surface area contributed by atoms with Gasteiger partial charge in [0.25, 0.3) is 0 Å². The summed E-state index contributed by atoms with van der Waals surface area (Å²) in [5.41, 5.74) is -0.533. The number of carbonyl (C=O) groups is 1. The van der Waals surface area contributed by atoms with Crippen LogP contribution in [0.2, 0.25) is 0 Å². The fourth-order valence-electron chi connectivity index (χ4n) is 2.10. The molecule has 1 unspecified atom stereocenters. The minimum absolute atomic E-state index is 0.0310. The second-order valence-electron chi connectivity index (χ2n) is 4.88. The predicted octanol–water partition coefficient (Wildman–Crippen LogP) is 1.11. The maximum atomic E-state index is 12.4. The highest BCUT2D eigenvalue weighted by Gasteiger charge is 2.45. The summed E-state index contributed by atoms with van der Waals surface area (Å²) in [4.78, 5) is 11.4. The molecule has 112 valence electrons. The Bertz CT molecular complexity index is 716. The molecule has 0 bridgehead atoms. The van der Waals surface area contributed by atoms with Gasteiger partial charge in [-0.05, 0) is 42.9 Å². The van der Waals surface area contributed by atoms with E-state index in [1.54, 1.807) is 6.92 Å². The Balaban J connectivity index is 2.37. The van der Waals surface area contributed by atoms with Gasteiger partial charge >= 0.3 is 5.97 Å². The van der Waals surface area contributed by atoms with Crippen LogP contribution in [-0.4, -0.2) is 36.5 Å². The van der Waals surface area contributed by atoms with Crippen LogP contribution in [0.3, 0.4) is 0 Å². The number of nitriles is 1. The van der Waals surface area contributed by atoms with E-state index >= 15 is 0 Å². The van der Waals surface area contributed by atoms with Crippen molar-refractivity contribution in [1.29, 1.82) is 5.26 Å². The minimum Gasteiger partial charge on any atom is -0.480 e. The summed E-state index contributed by atoms with van der Waals surface area (Å²) in [5, 5.41) is 18.2. The fraction of sp³-hybridized carbons (Fsp3) is 0.385. The van der Waals surface area contributed by atoms with Crippen molar-refractivity contribution in [3.63, 3.8) is 0 Å². The molecular weight excluding hydrogens is 312 g/mol. The van der Waals surface area contributed by atoms with E-state index in [0.717, 1.165) is 0 Å². The zero-order valence-corrected chi connectivity index (χ0v) is 12.9. The number of hydrogen-bond donors (Lipinski definition) is 2. The maximum Gasteiger partial charge on any atom is 0.325 e. The first-order valence-electron chi connectivity index (χ1n) is 6.17. The normalized spacial score (nSPS) is 21.9. The van der Waals surface area contributed by atoms with Crippen molar-refractivity contribution in [3.8, 4) is 6.07 Å². The van der Waals surface area contributed by atoms with Gasteiger partial charge in [0, 0.05) is 5.75 Å². The fourth-order valence-corrected chi connectivity index (χ4v) is 4.99. The smallest absolute Gasteiger partial charge is 0.325 e. The van der Waals surface area contributed by atoms with E-state index in [0.29, 0.717) is 16.9 Å². The Labute approximate surface area is 127 Å². The molecule has 1 aromatic carbocycles. The van der Waals surface area contributed by atoms with Crippen LogP contribution in [0.25, 0.3) is 0 Å². The Kier molecular flexibility index (Phi) is 4.27. The summed E-state index contributed by atoms with van der Waals surface area (Å²) in [6.45, 7) is 1.63. The van der Waals surface area contributed by atoms with Crippen molar-refractivity contribution < 1.29 is 18.3 Å². The first kappa shape index (κ1) is 15.8. The molecule has 1 heterocycles. The number of aliphatic carboxylic acids is 1. The van der Waals surface area contributed by atoms with Crippen molar-refractivity contribution >= 4 is 27.8 Å². The lowest BCUT2D eigenvalue weighted by molar-refractivity contribution is -0.142. The van der Waals surface area contributed by atoms with Gasteiger partial charge in [0.2, 0.25) is 10.0 Å². The topological polar surface area (TPSA) is 107 Å². The third kappa shape index (κ3) is 3.05. The van der Waals surface area contributed by atoms with Crippen LogP contribution in [0.4, 0.5) is 0 Å². The van der Waals surface area contributed by atoms with E-state index in [4.69, 9.17) is 5.26 Å². The van der Waals surface area contributed by atoms with Gasteiger partial charge in [-0.2, -0.15) is 21.7 Å². The number of carboxylic acids is 1. The Hall–Kier alpha value is -1.56. The highest BCUT2D eigenvalue weighted by atomic mass is 32.2. The third-order valence-electron chi connectivity index (χ3n) is 3.39. The number of thioether (sulfide) groups is 1. The van der Waals surface area contributed by atoms with Gasteiger partial charge in [-0.25, -0.2) is 8.42 Å². The average Bonchev–Trinajstić information content (AvgIpc) is 2.87. The highest BCUT2D eigenvalue weighted by Crippen LogP contribution is 2.30. The van der Waals surface area contributed by atoms with Crippen LogP contribution >= 0.6 is 11.8 Å². The largest absolute Gasteiger partial charge is 0.480 e. The van der Waals surface area contributed by atoms with E-state index in [2.05, 4.69) is 4.72 Å². The molecule has 1 aromatic rings. The number of nitrogens with zero attached hydrogens (tertiary/aromatic N) is 1. The summed E-state index contributed by atoms with van der Waals surface area (Å²) in [5.74, 6) is -0.362. The molecule has 1 atom stereocenters. The number of benzene rings is 1. The van der Waals surface area contributed by atoms with Crippen molar-refractivity contribution in [1.82, 2.24) is 4.72 Å². The molecule has 8 heteroatoms. The molecule has 1 fully saturated rings. The zero-order valence-electron chi connectivity index (χ0n) is 11.3. The number of sulfonamides is 1. The summed E-state index contributed by atoms with van der Waals surface area (Å²) < 4.78 is 27.1. The lowest BCUT2D eigenvalue weighted by atomic mass is 10.0. The summed E-state index contributed by atoms with van der Waals surface area (Å²) in [6, 6.07) is 6.06. The summed E-state index contributed by atoms with van der Waals surface area (Å²) in [7, 11) is -3.95. The maximum absolute atomic E-state index is 12.4. The molecule has 0 radical (unpaired) electrons. The number of aryl methyl sites for hydroxylation is 1. The predicted molar refractivity (Wildman–Crippen MR) is 78.5 cm³/mol. The molecular formula is C13H14N2O4S2. The molecule has 1 aliphatic rings.